The first-order valence-electron chi connectivity index (χ1n) is 13.5. The highest BCUT2D eigenvalue weighted by Gasteiger charge is 2.60. The summed E-state index contributed by atoms with van der Waals surface area (Å²) in [6, 6.07) is 20.8. The summed E-state index contributed by atoms with van der Waals surface area (Å²) in [6.07, 6.45) is 1.69. The Morgan fingerprint density at radius 1 is 0.953 bits per heavy atom. The number of hydrogen-bond donors (Lipinski definition) is 1. The van der Waals surface area contributed by atoms with Gasteiger partial charge in [-0.1, -0.05) is 71.7 Å². The molecule has 9 nitrogen and oxygen atoms in total. The number of fused-ring (bicyclic) bond motifs is 3. The number of halogens is 2. The van der Waals surface area contributed by atoms with Gasteiger partial charge in [0.15, 0.2) is 0 Å². The highest BCUT2D eigenvalue weighted by Crippen LogP contribution is 2.45. The van der Waals surface area contributed by atoms with Crippen LogP contribution in [0.4, 0.5) is 10.5 Å². The van der Waals surface area contributed by atoms with Crippen molar-refractivity contribution in [2.24, 2.45) is 0 Å². The van der Waals surface area contributed by atoms with E-state index in [4.69, 9.17) is 23.2 Å². The third-order valence-corrected chi connectivity index (χ3v) is 9.13. The number of nitrogens with zero attached hydrogens (tertiary/aromatic N) is 3. The second-order valence-corrected chi connectivity index (χ2v) is 12.0. The Morgan fingerprint density at radius 3 is 2.47 bits per heavy atom. The van der Waals surface area contributed by atoms with Gasteiger partial charge in [-0.05, 0) is 53.2 Å². The second-order valence-electron chi connectivity index (χ2n) is 10.2. The van der Waals surface area contributed by atoms with E-state index < -0.39 is 22.7 Å². The molecule has 3 aliphatic heterocycles. The van der Waals surface area contributed by atoms with E-state index in [9.17, 15) is 24.0 Å². The van der Waals surface area contributed by atoms with Crippen molar-refractivity contribution in [2.45, 2.75) is 25.0 Å². The number of carbonyl (C=O) groups excluding carboxylic acids is 5. The molecule has 0 radical (unpaired) electrons. The van der Waals surface area contributed by atoms with Crippen molar-refractivity contribution in [3.8, 4) is 0 Å². The number of rotatable bonds is 7. The Hall–Kier alpha value is -4.12. The van der Waals surface area contributed by atoms with Crippen LogP contribution in [0, 0.1) is 0 Å². The van der Waals surface area contributed by atoms with Gasteiger partial charge in [-0.15, -0.1) is 0 Å². The lowest BCUT2D eigenvalue weighted by Crippen LogP contribution is -2.70. The van der Waals surface area contributed by atoms with E-state index in [0.29, 0.717) is 26.9 Å². The summed E-state index contributed by atoms with van der Waals surface area (Å²) in [5.74, 6) is -1.71. The van der Waals surface area contributed by atoms with Crippen molar-refractivity contribution >= 4 is 75.6 Å². The Bertz CT molecular complexity index is 1720. The lowest BCUT2D eigenvalue weighted by Gasteiger charge is -2.49. The minimum atomic E-state index is -1.61. The maximum Gasteiger partial charge on any atom is 0.293 e. The van der Waals surface area contributed by atoms with E-state index in [1.165, 1.54) is 15.9 Å². The van der Waals surface area contributed by atoms with Crippen molar-refractivity contribution in [1.29, 1.82) is 0 Å². The fourth-order valence-corrected chi connectivity index (χ4v) is 6.96. The number of nitrogens with one attached hydrogen (secondary N) is 1. The number of amides is 5. The van der Waals surface area contributed by atoms with Crippen LogP contribution in [-0.2, 0) is 20.9 Å². The summed E-state index contributed by atoms with van der Waals surface area (Å²) in [5, 5.41) is 3.11. The van der Waals surface area contributed by atoms with Crippen LogP contribution in [0.5, 0.6) is 0 Å². The van der Waals surface area contributed by atoms with Crippen molar-refractivity contribution in [2.75, 3.05) is 18.0 Å². The average molecular weight is 636 g/mol. The molecule has 1 atom stereocenters. The van der Waals surface area contributed by atoms with Gasteiger partial charge in [0, 0.05) is 42.5 Å². The van der Waals surface area contributed by atoms with Crippen LogP contribution in [0.2, 0.25) is 10.0 Å². The van der Waals surface area contributed by atoms with E-state index in [1.54, 1.807) is 42.5 Å². The zero-order valence-electron chi connectivity index (χ0n) is 22.6. The van der Waals surface area contributed by atoms with Gasteiger partial charge in [-0.2, -0.15) is 0 Å². The molecule has 3 aromatic rings. The topological polar surface area (TPSA) is 107 Å². The maximum atomic E-state index is 14.1. The molecule has 2 saturated heterocycles. The molecule has 43 heavy (non-hydrogen) atoms. The molecular formula is C31H24Cl2N4O5S. The number of carbonyl (C=O) groups is 5. The number of para-hydroxylation sites is 1. The Morgan fingerprint density at radius 2 is 1.70 bits per heavy atom. The summed E-state index contributed by atoms with van der Waals surface area (Å²) in [5.41, 5.74) is 0.444. The predicted molar refractivity (Wildman–Crippen MR) is 164 cm³/mol. The largest absolute Gasteiger partial charge is 0.351 e. The van der Waals surface area contributed by atoms with Gasteiger partial charge < -0.3 is 10.2 Å². The minimum Gasteiger partial charge on any atom is -0.351 e. The van der Waals surface area contributed by atoms with Crippen LogP contribution in [0.25, 0.3) is 6.08 Å². The quantitative estimate of drug-likeness (QED) is 0.352. The molecule has 3 aromatic carbocycles. The van der Waals surface area contributed by atoms with Gasteiger partial charge in [0.05, 0.1) is 16.2 Å². The summed E-state index contributed by atoms with van der Waals surface area (Å²) >= 11 is 13.0. The summed E-state index contributed by atoms with van der Waals surface area (Å²) in [4.78, 5) is 71.1. The maximum absolute atomic E-state index is 14.1. The first-order chi connectivity index (χ1) is 20.7. The van der Waals surface area contributed by atoms with Gasteiger partial charge in [0.25, 0.3) is 23.0 Å². The molecule has 218 valence electrons. The minimum absolute atomic E-state index is 0.0709. The molecule has 12 heteroatoms. The van der Waals surface area contributed by atoms with Crippen LogP contribution in [0.15, 0.2) is 77.7 Å². The average Bonchev–Trinajstić information content (AvgIpc) is 3.49. The highest BCUT2D eigenvalue weighted by molar-refractivity contribution is 8.18. The molecule has 5 amide bonds. The van der Waals surface area contributed by atoms with E-state index in [-0.39, 0.29) is 49.2 Å². The van der Waals surface area contributed by atoms with E-state index in [1.807, 2.05) is 30.3 Å². The highest BCUT2D eigenvalue weighted by atomic mass is 35.5. The van der Waals surface area contributed by atoms with Gasteiger partial charge in [-0.25, -0.2) is 0 Å². The second kappa shape index (κ2) is 11.5. The monoisotopic (exact) mass is 634 g/mol. The first-order valence-corrected chi connectivity index (χ1v) is 15.0. The molecule has 1 unspecified atom stereocenters. The van der Waals surface area contributed by atoms with E-state index >= 15 is 0 Å². The molecule has 2 fully saturated rings. The van der Waals surface area contributed by atoms with Crippen molar-refractivity contribution in [3.05, 3.63) is 104 Å². The number of thioether (sulfide) groups is 1. The third kappa shape index (κ3) is 5.09. The zero-order chi connectivity index (χ0) is 30.3. The smallest absolute Gasteiger partial charge is 0.293 e. The fourth-order valence-electron chi connectivity index (χ4n) is 5.64. The molecule has 1 N–H and O–H groups in total. The van der Waals surface area contributed by atoms with Crippen LogP contribution in [-0.4, -0.2) is 57.4 Å². The molecule has 6 rings (SSSR count). The third-order valence-electron chi connectivity index (χ3n) is 7.66. The molecular weight excluding hydrogens is 611 g/mol. The number of imide groups is 1. The van der Waals surface area contributed by atoms with Gasteiger partial charge >= 0.3 is 0 Å². The predicted octanol–water partition coefficient (Wildman–Crippen LogP) is 5.33. The lowest BCUT2D eigenvalue weighted by atomic mass is 9.94. The van der Waals surface area contributed by atoms with Crippen LogP contribution >= 0.6 is 35.0 Å². The summed E-state index contributed by atoms with van der Waals surface area (Å²) in [7, 11) is 0. The first kappa shape index (κ1) is 29.0. The number of anilines is 1. The Labute approximate surface area is 261 Å². The van der Waals surface area contributed by atoms with Crippen LogP contribution in [0.3, 0.4) is 0 Å². The summed E-state index contributed by atoms with van der Waals surface area (Å²) in [6.45, 7) is -0.0770. The Balaban J connectivity index is 1.24. The molecule has 3 aliphatic rings. The fraction of sp³-hybridized carbons (Fsp3) is 0.194. The van der Waals surface area contributed by atoms with Crippen molar-refractivity contribution in [3.63, 3.8) is 0 Å². The molecule has 0 bridgehead atoms. The van der Waals surface area contributed by atoms with Gasteiger partial charge in [-0.3, -0.25) is 33.8 Å². The van der Waals surface area contributed by atoms with Crippen LogP contribution < -0.4 is 10.2 Å². The molecule has 0 saturated carbocycles. The molecule has 0 spiro atoms. The lowest BCUT2D eigenvalue weighted by molar-refractivity contribution is -0.134. The van der Waals surface area contributed by atoms with Gasteiger partial charge in [0.1, 0.15) is 0 Å². The van der Waals surface area contributed by atoms with E-state index in [0.717, 1.165) is 22.2 Å². The molecule has 3 heterocycles. The van der Waals surface area contributed by atoms with E-state index in [2.05, 4.69) is 5.32 Å². The SMILES string of the molecule is O=C1S/C(=C/c2ccc(Cl)cc2Cl)C(=O)N1CCNC(=O)C12CCC(=O)N1c1ccccc1C(=O)N2Cc1ccccc1. The zero-order valence-corrected chi connectivity index (χ0v) is 24.9. The van der Waals surface area contributed by atoms with Crippen molar-refractivity contribution in [1.82, 2.24) is 15.1 Å². The van der Waals surface area contributed by atoms with Crippen LogP contribution in [0.1, 0.15) is 34.3 Å². The Kier molecular flexibility index (Phi) is 7.76. The molecule has 0 aliphatic carbocycles. The van der Waals surface area contributed by atoms with Crippen molar-refractivity contribution < 1.29 is 24.0 Å². The summed E-state index contributed by atoms with van der Waals surface area (Å²) < 4.78 is 0. The standard InChI is InChI=1S/C31H24Cl2N4O5S/c32-21-11-10-20(23(33)17-21)16-25-28(40)35(30(42)43-25)15-14-34-29(41)31-13-12-26(38)37(31)24-9-5-4-8-22(24)27(39)36(31)18-19-6-2-1-3-7-19/h1-11,16-17H,12-15,18H2,(H,34,41)/b25-16+. The van der Waals surface area contributed by atoms with Gasteiger partial charge in [0.2, 0.25) is 11.6 Å². The normalized spacial score (nSPS) is 20.6. The molecule has 0 aromatic heterocycles. The number of benzene rings is 3. The number of hydrogen-bond acceptors (Lipinski definition) is 6.